The molecule has 2 amide bonds. The number of benzene rings is 1. The fourth-order valence-corrected chi connectivity index (χ4v) is 6.37. The van der Waals surface area contributed by atoms with Gasteiger partial charge < -0.3 is 26.4 Å². The van der Waals surface area contributed by atoms with Crippen LogP contribution in [0.15, 0.2) is 18.3 Å². The molecule has 5 N–H and O–H groups in total. The number of nitrogens with one attached hydrogen (secondary N) is 2. The number of anilines is 3. The monoisotopic (exact) mass is 590 g/mol. The Hall–Kier alpha value is -3.74. The first-order chi connectivity index (χ1) is 19.5. The van der Waals surface area contributed by atoms with Crippen LogP contribution in [-0.4, -0.2) is 60.2 Å². The molecule has 14 heteroatoms. The van der Waals surface area contributed by atoms with Crippen molar-refractivity contribution in [2.45, 2.75) is 70.5 Å². The number of carbonyl (C=O) groups excluding carboxylic acids is 1. The summed E-state index contributed by atoms with van der Waals surface area (Å²) in [6, 6.07) is 1.35. The Morgan fingerprint density at radius 1 is 1.12 bits per heavy atom. The lowest BCUT2D eigenvalue weighted by molar-refractivity contribution is -0.122. The van der Waals surface area contributed by atoms with Crippen LogP contribution in [0.1, 0.15) is 58.4 Å². The van der Waals surface area contributed by atoms with Gasteiger partial charge in [-0.05, 0) is 56.6 Å². The lowest BCUT2D eigenvalue weighted by Gasteiger charge is -2.42. The SMILES string of the molecule is CC(C)C1C(Nc2ncc3nc(Nc4c(F)cc(Cl)cc4F)n(C4CCC(C(N)=O)CC4)c3n2)CCCN1C(=O)O. The van der Waals surface area contributed by atoms with E-state index in [-0.39, 0.29) is 46.8 Å². The molecule has 220 valence electrons. The average molecular weight is 591 g/mol. The number of primary amides is 1. The Labute approximate surface area is 240 Å². The van der Waals surface area contributed by atoms with E-state index in [1.54, 1.807) is 4.57 Å². The zero-order chi connectivity index (χ0) is 29.4. The average Bonchev–Trinajstić information content (AvgIpc) is 3.27. The summed E-state index contributed by atoms with van der Waals surface area (Å²) in [6.45, 7) is 4.42. The van der Waals surface area contributed by atoms with Crippen LogP contribution in [-0.2, 0) is 4.79 Å². The second-order valence-corrected chi connectivity index (χ2v) is 11.5. The number of rotatable bonds is 7. The molecular formula is C27H33ClF2N8O3. The molecule has 0 spiro atoms. The number of amides is 2. The molecule has 0 radical (unpaired) electrons. The Morgan fingerprint density at radius 3 is 2.41 bits per heavy atom. The number of aromatic nitrogens is 4. The molecule has 2 aliphatic rings. The number of carboxylic acid groups (broad SMARTS) is 1. The van der Waals surface area contributed by atoms with Crippen LogP contribution >= 0.6 is 11.6 Å². The van der Waals surface area contributed by atoms with E-state index in [0.717, 1.165) is 18.6 Å². The smallest absolute Gasteiger partial charge is 0.407 e. The largest absolute Gasteiger partial charge is 0.465 e. The van der Waals surface area contributed by atoms with Crippen molar-refractivity contribution in [1.29, 1.82) is 0 Å². The summed E-state index contributed by atoms with van der Waals surface area (Å²) in [6.07, 6.45) is 4.28. The summed E-state index contributed by atoms with van der Waals surface area (Å²) in [5, 5.41) is 15.8. The third kappa shape index (κ3) is 5.85. The molecule has 3 aromatic rings. The van der Waals surface area contributed by atoms with E-state index in [4.69, 9.17) is 22.3 Å². The number of imidazole rings is 1. The normalized spacial score (nSPS) is 23.1. The van der Waals surface area contributed by atoms with Crippen LogP contribution in [0.3, 0.4) is 0 Å². The second kappa shape index (κ2) is 11.6. The fraction of sp³-hybridized carbons (Fsp3) is 0.519. The second-order valence-electron chi connectivity index (χ2n) is 11.1. The van der Waals surface area contributed by atoms with Gasteiger partial charge in [-0.2, -0.15) is 4.98 Å². The summed E-state index contributed by atoms with van der Waals surface area (Å²) in [5.41, 5.74) is 5.97. The number of nitrogens with zero attached hydrogens (tertiary/aromatic N) is 5. The van der Waals surface area contributed by atoms with Crippen LogP contribution < -0.4 is 16.4 Å². The zero-order valence-electron chi connectivity index (χ0n) is 22.8. The quantitative estimate of drug-likeness (QED) is 0.289. The van der Waals surface area contributed by atoms with Crippen molar-refractivity contribution < 1.29 is 23.5 Å². The first kappa shape index (κ1) is 28.8. The number of fused-ring (bicyclic) bond motifs is 1. The van der Waals surface area contributed by atoms with E-state index in [1.165, 1.54) is 11.1 Å². The molecule has 1 aliphatic carbocycles. The van der Waals surface area contributed by atoms with Gasteiger partial charge in [0.05, 0.1) is 12.2 Å². The first-order valence-corrected chi connectivity index (χ1v) is 14.1. The van der Waals surface area contributed by atoms with Crippen LogP contribution in [0, 0.1) is 23.5 Å². The van der Waals surface area contributed by atoms with E-state index in [1.807, 2.05) is 13.8 Å². The van der Waals surface area contributed by atoms with E-state index >= 15 is 0 Å². The van der Waals surface area contributed by atoms with Crippen molar-refractivity contribution in [1.82, 2.24) is 24.4 Å². The van der Waals surface area contributed by atoms with Gasteiger partial charge in [0, 0.05) is 29.6 Å². The molecule has 41 heavy (non-hydrogen) atoms. The molecule has 2 unspecified atom stereocenters. The molecule has 2 atom stereocenters. The summed E-state index contributed by atoms with van der Waals surface area (Å²) < 4.78 is 31.2. The van der Waals surface area contributed by atoms with Crippen molar-refractivity contribution in [2.75, 3.05) is 17.2 Å². The molecule has 2 aromatic heterocycles. The lowest BCUT2D eigenvalue weighted by atomic mass is 9.85. The van der Waals surface area contributed by atoms with Crippen molar-refractivity contribution >= 4 is 52.3 Å². The molecular weight excluding hydrogens is 558 g/mol. The number of halogens is 3. The highest BCUT2D eigenvalue weighted by molar-refractivity contribution is 6.30. The zero-order valence-corrected chi connectivity index (χ0v) is 23.5. The van der Waals surface area contributed by atoms with Crippen molar-refractivity contribution in [3.05, 3.63) is 35.0 Å². The Balaban J connectivity index is 1.52. The Kier molecular flexibility index (Phi) is 8.16. The molecule has 1 saturated heterocycles. The van der Waals surface area contributed by atoms with Gasteiger partial charge in [-0.15, -0.1) is 0 Å². The minimum atomic E-state index is -0.964. The standard InChI is InChI=1S/C27H33ClF2N8O3/c1-13(2)22-19(4-3-9-37(22)27(40)41)33-25-32-12-20-24(36-25)38(16-7-5-14(6-8-16)23(31)39)26(34-20)35-21-17(29)10-15(28)11-18(21)30/h10-14,16,19,22H,3-9H2,1-2H3,(H2,31,39)(H,34,35)(H,40,41)(H,32,33,36). The maximum absolute atomic E-state index is 14.7. The molecule has 2 fully saturated rings. The van der Waals surface area contributed by atoms with Crippen LogP contribution in [0.25, 0.3) is 11.2 Å². The Bertz CT molecular complexity index is 1440. The van der Waals surface area contributed by atoms with Gasteiger partial charge in [0.2, 0.25) is 17.8 Å². The number of hydrogen-bond donors (Lipinski definition) is 4. The first-order valence-electron chi connectivity index (χ1n) is 13.8. The minimum Gasteiger partial charge on any atom is -0.465 e. The van der Waals surface area contributed by atoms with Gasteiger partial charge >= 0.3 is 6.09 Å². The van der Waals surface area contributed by atoms with Crippen molar-refractivity contribution in [2.24, 2.45) is 17.6 Å². The number of nitrogens with two attached hydrogens (primary N) is 1. The molecule has 1 saturated carbocycles. The van der Waals surface area contributed by atoms with Gasteiger partial charge in [-0.25, -0.2) is 23.5 Å². The van der Waals surface area contributed by atoms with Crippen LogP contribution in [0.5, 0.6) is 0 Å². The summed E-state index contributed by atoms with van der Waals surface area (Å²) in [5.74, 6) is -1.82. The van der Waals surface area contributed by atoms with Gasteiger partial charge in [0.25, 0.3) is 0 Å². The number of hydrogen-bond acceptors (Lipinski definition) is 7. The van der Waals surface area contributed by atoms with E-state index in [9.17, 15) is 23.5 Å². The van der Waals surface area contributed by atoms with Gasteiger partial charge in [0.1, 0.15) is 11.2 Å². The van der Waals surface area contributed by atoms with Crippen LogP contribution in [0.4, 0.5) is 31.2 Å². The van der Waals surface area contributed by atoms with Crippen molar-refractivity contribution in [3.8, 4) is 0 Å². The molecule has 3 heterocycles. The highest BCUT2D eigenvalue weighted by Gasteiger charge is 2.37. The highest BCUT2D eigenvalue weighted by atomic mass is 35.5. The van der Waals surface area contributed by atoms with E-state index in [0.29, 0.717) is 55.8 Å². The highest BCUT2D eigenvalue weighted by Crippen LogP contribution is 2.38. The third-order valence-corrected chi connectivity index (χ3v) is 8.29. The van der Waals surface area contributed by atoms with Gasteiger partial charge in [-0.3, -0.25) is 9.36 Å². The molecule has 0 bridgehead atoms. The summed E-state index contributed by atoms with van der Waals surface area (Å²) in [4.78, 5) is 38.9. The number of piperidine rings is 1. The predicted octanol–water partition coefficient (Wildman–Crippen LogP) is 5.30. The third-order valence-electron chi connectivity index (χ3n) is 8.07. The maximum atomic E-state index is 14.7. The minimum absolute atomic E-state index is 0.0542. The maximum Gasteiger partial charge on any atom is 0.407 e. The molecule has 1 aromatic carbocycles. The van der Waals surface area contributed by atoms with Gasteiger partial charge in [-0.1, -0.05) is 25.4 Å². The number of carbonyl (C=O) groups is 2. The predicted molar refractivity (Wildman–Crippen MR) is 150 cm³/mol. The number of likely N-dealkylation sites (tertiary alicyclic amines) is 1. The molecule has 11 nitrogen and oxygen atoms in total. The Morgan fingerprint density at radius 2 is 1.80 bits per heavy atom. The molecule has 1 aliphatic heterocycles. The lowest BCUT2D eigenvalue weighted by Crippen LogP contribution is -2.55. The van der Waals surface area contributed by atoms with Crippen LogP contribution in [0.2, 0.25) is 5.02 Å². The van der Waals surface area contributed by atoms with E-state index < -0.39 is 23.4 Å². The fourth-order valence-electron chi connectivity index (χ4n) is 6.18. The molecule has 5 rings (SSSR count). The van der Waals surface area contributed by atoms with Gasteiger partial charge in [0.15, 0.2) is 17.3 Å². The van der Waals surface area contributed by atoms with Crippen molar-refractivity contribution in [3.63, 3.8) is 0 Å². The summed E-state index contributed by atoms with van der Waals surface area (Å²) in [7, 11) is 0. The summed E-state index contributed by atoms with van der Waals surface area (Å²) >= 11 is 5.81. The topological polar surface area (TPSA) is 151 Å². The van der Waals surface area contributed by atoms with E-state index in [2.05, 4.69) is 20.6 Å².